The number of rotatable bonds is 7. The summed E-state index contributed by atoms with van der Waals surface area (Å²) in [5, 5.41) is 3.10. The number of hydrogen-bond acceptors (Lipinski definition) is 4. The fraction of sp³-hybridized carbons (Fsp3) is 0.571. The van der Waals surface area contributed by atoms with E-state index in [0.29, 0.717) is 12.3 Å². The topological polar surface area (TPSA) is 62.6 Å². The molecule has 0 aliphatic rings. The summed E-state index contributed by atoms with van der Waals surface area (Å²) in [6, 6.07) is 1.56. The van der Waals surface area contributed by atoms with Crippen LogP contribution < -0.4 is 5.32 Å². The maximum absolute atomic E-state index is 12.8. The van der Waals surface area contributed by atoms with Gasteiger partial charge in [-0.15, -0.1) is 6.58 Å². The predicted octanol–water partition coefficient (Wildman–Crippen LogP) is 3.13. The molecule has 1 aromatic rings. The van der Waals surface area contributed by atoms with Crippen molar-refractivity contribution in [2.75, 3.05) is 13.1 Å². The van der Waals surface area contributed by atoms with Crippen LogP contribution in [0.5, 0.6) is 0 Å². The summed E-state index contributed by atoms with van der Waals surface area (Å²) in [6.45, 7) is 12.7. The summed E-state index contributed by atoms with van der Waals surface area (Å²) in [6.07, 6.45) is 1.58. The van der Waals surface area contributed by atoms with Gasteiger partial charge in [-0.2, -0.15) is 4.31 Å². The quantitative estimate of drug-likeness (QED) is 0.740. The molecule has 0 fully saturated rings. The summed E-state index contributed by atoms with van der Waals surface area (Å²) in [4.78, 5) is 0.146. The van der Waals surface area contributed by atoms with Gasteiger partial charge in [0.2, 0.25) is 10.0 Å². The maximum Gasteiger partial charge on any atom is 0.248 e. The number of nitrogens with zero attached hydrogens (tertiary/aromatic N) is 1. The molecule has 0 saturated carbocycles. The zero-order valence-electron chi connectivity index (χ0n) is 12.9. The van der Waals surface area contributed by atoms with Crippen LogP contribution in [0.2, 0.25) is 0 Å². The van der Waals surface area contributed by atoms with Crippen molar-refractivity contribution in [3.05, 3.63) is 29.2 Å². The van der Waals surface area contributed by atoms with Crippen LogP contribution in [0.3, 0.4) is 0 Å². The van der Waals surface area contributed by atoms with Gasteiger partial charge in [0, 0.05) is 18.2 Å². The molecule has 0 saturated heterocycles. The first-order chi connectivity index (χ1) is 9.64. The highest BCUT2D eigenvalue weighted by atomic mass is 79.9. The van der Waals surface area contributed by atoms with E-state index < -0.39 is 15.6 Å². The highest BCUT2D eigenvalue weighted by Crippen LogP contribution is 2.32. The third-order valence-corrected chi connectivity index (χ3v) is 5.85. The minimum atomic E-state index is -3.66. The van der Waals surface area contributed by atoms with Gasteiger partial charge in [0.25, 0.3) is 0 Å². The normalized spacial score (nSPS) is 12.9. The van der Waals surface area contributed by atoms with E-state index in [4.69, 9.17) is 4.42 Å². The van der Waals surface area contributed by atoms with Crippen molar-refractivity contribution in [1.82, 2.24) is 9.62 Å². The second kappa shape index (κ2) is 7.09. The Morgan fingerprint density at radius 1 is 1.48 bits per heavy atom. The van der Waals surface area contributed by atoms with E-state index in [2.05, 4.69) is 27.8 Å². The van der Waals surface area contributed by atoms with E-state index in [9.17, 15) is 8.42 Å². The lowest BCUT2D eigenvalue weighted by molar-refractivity contribution is 0.269. The zero-order valence-corrected chi connectivity index (χ0v) is 15.3. The van der Waals surface area contributed by atoms with Crippen molar-refractivity contribution in [3.8, 4) is 0 Å². The van der Waals surface area contributed by atoms with Crippen LogP contribution >= 0.6 is 15.9 Å². The van der Waals surface area contributed by atoms with Crippen LogP contribution in [0, 0.1) is 0 Å². The fourth-order valence-electron chi connectivity index (χ4n) is 1.88. The Hall–Kier alpha value is -0.630. The standard InChI is InChI=1S/C14H23BrN2O3S/c1-6-8-17(14(3,4)5)21(18,19)12-9-11(10-16-7-2)20-13(12)15/h6,9,16H,1,7-8,10H2,2-5H3. The molecule has 0 spiro atoms. The van der Waals surface area contributed by atoms with E-state index in [1.165, 1.54) is 4.31 Å². The van der Waals surface area contributed by atoms with Gasteiger partial charge in [0.1, 0.15) is 10.7 Å². The first kappa shape index (κ1) is 18.4. The summed E-state index contributed by atoms with van der Waals surface area (Å²) < 4.78 is 32.8. The van der Waals surface area contributed by atoms with Gasteiger partial charge in [-0.3, -0.25) is 0 Å². The summed E-state index contributed by atoms with van der Waals surface area (Å²) in [5.41, 5.74) is -0.550. The minimum absolute atomic E-state index is 0.146. The van der Waals surface area contributed by atoms with Crippen molar-refractivity contribution in [3.63, 3.8) is 0 Å². The molecule has 0 aliphatic carbocycles. The smallest absolute Gasteiger partial charge is 0.248 e. The van der Waals surface area contributed by atoms with Gasteiger partial charge in [0.15, 0.2) is 4.67 Å². The Bertz CT molecular complexity index is 588. The lowest BCUT2D eigenvalue weighted by atomic mass is 10.1. The van der Waals surface area contributed by atoms with E-state index in [1.54, 1.807) is 12.1 Å². The largest absolute Gasteiger partial charge is 0.452 e. The molecule has 0 aliphatic heterocycles. The highest BCUT2D eigenvalue weighted by molar-refractivity contribution is 9.10. The van der Waals surface area contributed by atoms with Crippen LogP contribution in [0.4, 0.5) is 0 Å². The van der Waals surface area contributed by atoms with Crippen molar-refractivity contribution in [2.45, 2.75) is 44.7 Å². The van der Waals surface area contributed by atoms with Crippen molar-refractivity contribution in [2.24, 2.45) is 0 Å². The molecule has 5 nitrogen and oxygen atoms in total. The van der Waals surface area contributed by atoms with Gasteiger partial charge >= 0.3 is 0 Å². The third kappa shape index (κ3) is 4.42. The van der Waals surface area contributed by atoms with Crippen LogP contribution in [-0.4, -0.2) is 31.4 Å². The molecular formula is C14H23BrN2O3S. The Labute approximate surface area is 135 Å². The van der Waals surface area contributed by atoms with E-state index >= 15 is 0 Å². The van der Waals surface area contributed by atoms with Crippen LogP contribution in [0.25, 0.3) is 0 Å². The SMILES string of the molecule is C=CCN(C(C)(C)C)S(=O)(=O)c1cc(CNCC)oc1Br. The van der Waals surface area contributed by atoms with Crippen molar-refractivity contribution >= 4 is 26.0 Å². The van der Waals surface area contributed by atoms with E-state index in [0.717, 1.165) is 6.54 Å². The molecule has 7 heteroatoms. The molecule has 21 heavy (non-hydrogen) atoms. The molecule has 1 aromatic heterocycles. The lowest BCUT2D eigenvalue weighted by Gasteiger charge is -2.33. The molecule has 0 atom stereocenters. The lowest BCUT2D eigenvalue weighted by Crippen LogP contribution is -2.45. The molecule has 1 rings (SSSR count). The Morgan fingerprint density at radius 2 is 2.10 bits per heavy atom. The van der Waals surface area contributed by atoms with E-state index in [-0.39, 0.29) is 16.1 Å². The molecule has 0 aromatic carbocycles. The Kier molecular flexibility index (Phi) is 6.22. The maximum atomic E-state index is 12.8. The minimum Gasteiger partial charge on any atom is -0.452 e. The van der Waals surface area contributed by atoms with Gasteiger partial charge in [-0.25, -0.2) is 8.42 Å². The van der Waals surface area contributed by atoms with Crippen LogP contribution in [-0.2, 0) is 16.6 Å². The number of furan rings is 1. The third-order valence-electron chi connectivity index (χ3n) is 2.87. The number of nitrogens with one attached hydrogen (secondary N) is 1. The van der Waals surface area contributed by atoms with Gasteiger partial charge in [0.05, 0.1) is 6.54 Å². The molecule has 1 N–H and O–H groups in total. The molecular weight excluding hydrogens is 356 g/mol. The average molecular weight is 379 g/mol. The predicted molar refractivity (Wildman–Crippen MR) is 87.6 cm³/mol. The second-order valence-electron chi connectivity index (χ2n) is 5.63. The summed E-state index contributed by atoms with van der Waals surface area (Å²) in [7, 11) is -3.66. The first-order valence-electron chi connectivity index (χ1n) is 6.77. The summed E-state index contributed by atoms with van der Waals surface area (Å²) >= 11 is 3.20. The first-order valence-corrected chi connectivity index (χ1v) is 9.00. The molecule has 0 radical (unpaired) electrons. The van der Waals surface area contributed by atoms with Gasteiger partial charge < -0.3 is 9.73 Å². The highest BCUT2D eigenvalue weighted by Gasteiger charge is 2.35. The summed E-state index contributed by atoms with van der Waals surface area (Å²) in [5.74, 6) is 0.578. The van der Waals surface area contributed by atoms with Crippen molar-refractivity contribution in [1.29, 1.82) is 0 Å². The van der Waals surface area contributed by atoms with Crippen LogP contribution in [0.1, 0.15) is 33.5 Å². The number of sulfonamides is 1. The zero-order chi connectivity index (χ0) is 16.3. The molecule has 0 bridgehead atoms. The van der Waals surface area contributed by atoms with Gasteiger partial charge in [-0.1, -0.05) is 13.0 Å². The number of halogens is 1. The number of hydrogen-bond donors (Lipinski definition) is 1. The van der Waals surface area contributed by atoms with Crippen LogP contribution in [0.15, 0.2) is 32.7 Å². The second-order valence-corrected chi connectivity index (χ2v) is 8.18. The van der Waals surface area contributed by atoms with Gasteiger partial charge in [-0.05, 0) is 43.2 Å². The molecule has 1 heterocycles. The molecule has 0 amide bonds. The van der Waals surface area contributed by atoms with E-state index in [1.807, 2.05) is 27.7 Å². The Morgan fingerprint density at radius 3 is 2.57 bits per heavy atom. The van der Waals surface area contributed by atoms with Crippen molar-refractivity contribution < 1.29 is 12.8 Å². The monoisotopic (exact) mass is 378 g/mol. The fourth-order valence-corrected chi connectivity index (χ4v) is 4.60. The Balaban J connectivity index is 3.22. The average Bonchev–Trinajstić information content (AvgIpc) is 2.74. The molecule has 0 unspecified atom stereocenters. The molecule has 120 valence electrons.